The van der Waals surface area contributed by atoms with E-state index in [0.717, 1.165) is 4.57 Å². The molecular formula is C13H19N6O6P. The maximum Gasteiger partial charge on any atom is 0.475 e. The van der Waals surface area contributed by atoms with Crippen molar-refractivity contribution in [1.82, 2.24) is 9.55 Å². The smallest absolute Gasteiger partial charge is 0.383 e. The number of ether oxygens (including phenoxy) is 1. The molecule has 2 aliphatic heterocycles. The number of hydrogen-bond donors (Lipinski definition) is 1. The number of anilines is 1. The first-order chi connectivity index (χ1) is 12.2. The normalized spacial score (nSPS) is 36.5. The van der Waals surface area contributed by atoms with E-state index in [4.69, 9.17) is 29.6 Å². The van der Waals surface area contributed by atoms with Crippen LogP contribution in [0.25, 0.3) is 10.4 Å². The number of nitrogen functional groups attached to an aromatic ring is 1. The fourth-order valence-electron chi connectivity index (χ4n) is 2.99. The molecular weight excluding hydrogens is 367 g/mol. The summed E-state index contributed by atoms with van der Waals surface area (Å²) in [5.41, 5.74) is 12.4. The number of phosphoric ester groups is 1. The number of phosphoric acid groups is 1. The largest absolute Gasteiger partial charge is 0.475 e. The third-order valence-corrected chi connectivity index (χ3v) is 5.69. The van der Waals surface area contributed by atoms with Crippen LogP contribution in [0.4, 0.5) is 5.82 Å². The zero-order chi connectivity index (χ0) is 19.1. The molecule has 5 atom stereocenters. The van der Waals surface area contributed by atoms with Crippen molar-refractivity contribution in [2.45, 2.75) is 50.8 Å². The van der Waals surface area contributed by atoms with Gasteiger partial charge in [0.05, 0.1) is 12.7 Å². The zero-order valence-electron chi connectivity index (χ0n) is 14.4. The highest BCUT2D eigenvalue weighted by atomic mass is 31.2. The second-order valence-electron chi connectivity index (χ2n) is 6.41. The Bertz CT molecular complexity index is 854. The number of azide groups is 1. The lowest BCUT2D eigenvalue weighted by atomic mass is 9.93. The van der Waals surface area contributed by atoms with Gasteiger partial charge in [0, 0.05) is 11.1 Å². The predicted molar refractivity (Wildman–Crippen MR) is 89.0 cm³/mol. The highest BCUT2D eigenvalue weighted by molar-refractivity contribution is 7.48. The second kappa shape index (κ2) is 6.66. The van der Waals surface area contributed by atoms with Crippen LogP contribution in [-0.2, 0) is 22.9 Å². The Hall–Kier alpha value is -1.94. The van der Waals surface area contributed by atoms with Gasteiger partial charge in [-0.3, -0.25) is 18.1 Å². The van der Waals surface area contributed by atoms with Gasteiger partial charge in [-0.25, -0.2) is 9.36 Å². The van der Waals surface area contributed by atoms with E-state index in [9.17, 15) is 9.36 Å². The second-order valence-corrected chi connectivity index (χ2v) is 7.98. The van der Waals surface area contributed by atoms with E-state index < -0.39 is 43.6 Å². The third kappa shape index (κ3) is 3.23. The van der Waals surface area contributed by atoms with Crippen LogP contribution in [-0.4, -0.2) is 40.0 Å². The minimum absolute atomic E-state index is 0.0431. The van der Waals surface area contributed by atoms with Gasteiger partial charge >= 0.3 is 13.5 Å². The molecule has 3 rings (SSSR count). The lowest BCUT2D eigenvalue weighted by Crippen LogP contribution is -2.47. The van der Waals surface area contributed by atoms with Gasteiger partial charge in [0.2, 0.25) is 0 Å². The monoisotopic (exact) mass is 386 g/mol. The van der Waals surface area contributed by atoms with E-state index in [0.29, 0.717) is 0 Å². The summed E-state index contributed by atoms with van der Waals surface area (Å²) >= 11 is 0. The van der Waals surface area contributed by atoms with Crippen molar-refractivity contribution in [1.29, 1.82) is 0 Å². The van der Waals surface area contributed by atoms with Crippen LogP contribution in [0.3, 0.4) is 0 Å². The summed E-state index contributed by atoms with van der Waals surface area (Å²) in [6, 6.07) is 1.41. The van der Waals surface area contributed by atoms with Gasteiger partial charge in [0.25, 0.3) is 0 Å². The highest BCUT2D eigenvalue weighted by Gasteiger charge is 2.60. The molecule has 1 aromatic rings. The molecule has 0 aliphatic carbocycles. The van der Waals surface area contributed by atoms with E-state index in [2.05, 4.69) is 15.0 Å². The molecule has 0 radical (unpaired) electrons. The zero-order valence-corrected chi connectivity index (χ0v) is 15.3. The van der Waals surface area contributed by atoms with Crippen molar-refractivity contribution in [2.24, 2.45) is 5.11 Å². The van der Waals surface area contributed by atoms with Gasteiger partial charge in [0.1, 0.15) is 23.6 Å². The van der Waals surface area contributed by atoms with E-state index in [1.807, 2.05) is 0 Å². The number of fused-ring (bicyclic) bond motifs is 1. The molecule has 2 N–H and O–H groups in total. The van der Waals surface area contributed by atoms with E-state index in [1.54, 1.807) is 13.8 Å². The highest BCUT2D eigenvalue weighted by Crippen LogP contribution is 2.59. The van der Waals surface area contributed by atoms with Crippen LogP contribution in [0.2, 0.25) is 0 Å². The van der Waals surface area contributed by atoms with E-state index in [-0.39, 0.29) is 12.4 Å². The topological polar surface area (TPSA) is 164 Å². The molecule has 2 fully saturated rings. The first kappa shape index (κ1) is 18.8. The molecule has 1 unspecified atom stereocenters. The quantitative estimate of drug-likeness (QED) is 0.354. The summed E-state index contributed by atoms with van der Waals surface area (Å²) in [6.07, 6.45) is -1.76. The van der Waals surface area contributed by atoms with Crippen LogP contribution >= 0.6 is 7.82 Å². The molecule has 142 valence electrons. The van der Waals surface area contributed by atoms with Gasteiger partial charge in [-0.15, -0.1) is 0 Å². The number of rotatable bonds is 4. The Labute approximate surface area is 148 Å². The molecule has 2 aliphatic rings. The number of nitrogens with zero attached hydrogens (tertiary/aromatic N) is 5. The van der Waals surface area contributed by atoms with E-state index in [1.165, 1.54) is 19.2 Å². The van der Waals surface area contributed by atoms with Crippen molar-refractivity contribution in [3.63, 3.8) is 0 Å². The van der Waals surface area contributed by atoms with Crippen molar-refractivity contribution in [2.75, 3.05) is 12.3 Å². The number of aromatic nitrogens is 2. The standard InChI is InChI=1S/C13H19N6O6P/c1-7(2)24-26(21)22-6-8-10(25-26)13(3,17-18-15)11(23-8)19-5-4-9(14)16-12(19)20/h4-5,7-8,10-11H,6H2,1-3H3,(H2,14,16,20)/t8-,10-,11-,13-,26?/m1/s1. The molecule has 0 bridgehead atoms. The predicted octanol–water partition coefficient (Wildman–Crippen LogP) is 1.74. The van der Waals surface area contributed by atoms with Crippen molar-refractivity contribution < 1.29 is 22.9 Å². The molecule has 2 saturated heterocycles. The van der Waals surface area contributed by atoms with Crippen LogP contribution in [0.15, 0.2) is 22.2 Å². The Kier molecular flexibility index (Phi) is 4.82. The lowest BCUT2D eigenvalue weighted by Gasteiger charge is -2.35. The summed E-state index contributed by atoms with van der Waals surface area (Å²) in [6.45, 7) is 4.78. The summed E-state index contributed by atoms with van der Waals surface area (Å²) in [5, 5.41) is 3.79. The maximum absolute atomic E-state index is 12.7. The van der Waals surface area contributed by atoms with Gasteiger partial charge in [0.15, 0.2) is 6.23 Å². The molecule has 26 heavy (non-hydrogen) atoms. The number of nitrogens with two attached hydrogens (primary N) is 1. The molecule has 0 aromatic carbocycles. The molecule has 13 heteroatoms. The summed E-state index contributed by atoms with van der Waals surface area (Å²) in [5.74, 6) is 0.0431. The fraction of sp³-hybridized carbons (Fsp3) is 0.692. The summed E-state index contributed by atoms with van der Waals surface area (Å²) < 4.78 is 35.7. The first-order valence-corrected chi connectivity index (χ1v) is 9.32. The lowest BCUT2D eigenvalue weighted by molar-refractivity contribution is -0.0748. The summed E-state index contributed by atoms with van der Waals surface area (Å²) in [7, 11) is -3.87. The van der Waals surface area contributed by atoms with Crippen LogP contribution in [0.1, 0.15) is 27.0 Å². The molecule has 3 heterocycles. The average molecular weight is 386 g/mol. The molecule has 0 spiro atoms. The SMILES string of the molecule is CC(C)OP1(=O)OC[C@H]2O[C@@H](n3ccc(N)nc3=O)[C@](C)(N=[N+]=[N-])[C@@H]2O1. The van der Waals surface area contributed by atoms with Crippen LogP contribution < -0.4 is 11.4 Å². The van der Waals surface area contributed by atoms with Gasteiger partial charge < -0.3 is 10.5 Å². The minimum atomic E-state index is -3.87. The molecule has 1 aromatic heterocycles. The number of hydrogen-bond acceptors (Lipinski definition) is 9. The average Bonchev–Trinajstić information content (AvgIpc) is 2.79. The van der Waals surface area contributed by atoms with Crippen LogP contribution in [0.5, 0.6) is 0 Å². The Balaban J connectivity index is 2.01. The Morgan fingerprint density at radius 2 is 2.35 bits per heavy atom. The molecule has 12 nitrogen and oxygen atoms in total. The third-order valence-electron chi connectivity index (χ3n) is 4.06. The van der Waals surface area contributed by atoms with Crippen molar-refractivity contribution in [3.8, 4) is 0 Å². The minimum Gasteiger partial charge on any atom is -0.383 e. The molecule has 0 saturated carbocycles. The fourth-order valence-corrected chi connectivity index (χ4v) is 4.64. The van der Waals surface area contributed by atoms with Crippen molar-refractivity contribution >= 4 is 13.6 Å². The van der Waals surface area contributed by atoms with Gasteiger partial charge in [-0.2, -0.15) is 4.98 Å². The Morgan fingerprint density at radius 3 is 2.96 bits per heavy atom. The maximum atomic E-state index is 12.7. The van der Waals surface area contributed by atoms with Crippen molar-refractivity contribution in [3.05, 3.63) is 33.2 Å². The van der Waals surface area contributed by atoms with Crippen LogP contribution in [0, 0.1) is 0 Å². The summed E-state index contributed by atoms with van der Waals surface area (Å²) in [4.78, 5) is 18.7. The van der Waals surface area contributed by atoms with Gasteiger partial charge in [-0.05, 0) is 32.4 Å². The first-order valence-electron chi connectivity index (χ1n) is 7.86. The molecule has 0 amide bonds. The van der Waals surface area contributed by atoms with Gasteiger partial charge in [-0.1, -0.05) is 5.11 Å². The van der Waals surface area contributed by atoms with E-state index >= 15 is 0 Å². The Morgan fingerprint density at radius 1 is 1.62 bits per heavy atom.